The molecule has 0 spiro atoms. The lowest BCUT2D eigenvalue weighted by Crippen LogP contribution is -2.24. The fourth-order valence-corrected chi connectivity index (χ4v) is 4.53. The van der Waals surface area contributed by atoms with Gasteiger partial charge < -0.3 is 9.47 Å². The monoisotopic (exact) mass is 452 g/mol. The van der Waals surface area contributed by atoms with Crippen molar-refractivity contribution in [3.63, 3.8) is 0 Å². The summed E-state index contributed by atoms with van der Waals surface area (Å²) in [7, 11) is 3.64. The average molecular weight is 453 g/mol. The highest BCUT2D eigenvalue weighted by atomic mass is 35.5. The molecular formula is C23H22ClFN6O. The minimum atomic E-state index is -0.529. The Hall–Kier alpha value is -3.26. The van der Waals surface area contributed by atoms with Crippen molar-refractivity contribution >= 4 is 28.3 Å². The molecule has 4 heterocycles. The van der Waals surface area contributed by atoms with Crippen molar-refractivity contribution in [2.45, 2.75) is 19.3 Å². The lowest BCUT2D eigenvalue weighted by atomic mass is 10.1. The summed E-state index contributed by atoms with van der Waals surface area (Å²) >= 11 is 5.96. The van der Waals surface area contributed by atoms with Crippen LogP contribution >= 0.6 is 11.6 Å². The first-order valence-electron chi connectivity index (χ1n) is 10.4. The van der Waals surface area contributed by atoms with Gasteiger partial charge in [0.15, 0.2) is 0 Å². The molecule has 1 aromatic carbocycles. The molecule has 9 heteroatoms. The summed E-state index contributed by atoms with van der Waals surface area (Å²) in [6, 6.07) is 6.21. The van der Waals surface area contributed by atoms with E-state index in [9.17, 15) is 9.18 Å². The van der Waals surface area contributed by atoms with Crippen LogP contribution < -0.4 is 10.5 Å². The summed E-state index contributed by atoms with van der Waals surface area (Å²) in [5.74, 6) is 2.01. The van der Waals surface area contributed by atoms with E-state index < -0.39 is 5.82 Å². The molecule has 1 aliphatic heterocycles. The van der Waals surface area contributed by atoms with Crippen LogP contribution in [0.1, 0.15) is 24.0 Å². The van der Waals surface area contributed by atoms with Crippen molar-refractivity contribution in [3.8, 4) is 11.3 Å². The smallest absolute Gasteiger partial charge is 0.263 e. The molecule has 0 unspecified atom stereocenters. The predicted molar refractivity (Wildman–Crippen MR) is 123 cm³/mol. The van der Waals surface area contributed by atoms with Crippen molar-refractivity contribution in [1.29, 1.82) is 0 Å². The molecule has 0 saturated carbocycles. The lowest BCUT2D eigenvalue weighted by Gasteiger charge is -2.20. The zero-order chi connectivity index (χ0) is 22.6. The molecule has 0 aliphatic carbocycles. The SMILES string of the molecule is Cc1nc2cc(N3CC[C@@H](c4nccn4C)C3)nc(-c3ccc(Cl)cc3F)c2c(=O)n1C. The first-order valence-corrected chi connectivity index (χ1v) is 10.8. The van der Waals surface area contributed by atoms with Gasteiger partial charge >= 0.3 is 0 Å². The summed E-state index contributed by atoms with van der Waals surface area (Å²) in [5, 5.41) is 0.578. The number of fused-ring (bicyclic) bond motifs is 1. The molecule has 4 aromatic rings. The summed E-state index contributed by atoms with van der Waals surface area (Å²) in [6.07, 6.45) is 4.67. The van der Waals surface area contributed by atoms with Crippen molar-refractivity contribution in [2.24, 2.45) is 14.1 Å². The zero-order valence-corrected chi connectivity index (χ0v) is 18.8. The Morgan fingerprint density at radius 1 is 1.19 bits per heavy atom. The van der Waals surface area contributed by atoms with Gasteiger partial charge in [-0.2, -0.15) is 0 Å². The van der Waals surface area contributed by atoms with Crippen LogP contribution in [0.25, 0.3) is 22.2 Å². The molecule has 0 radical (unpaired) electrons. The molecule has 5 rings (SSSR count). The molecule has 1 fully saturated rings. The number of anilines is 1. The third-order valence-corrected chi connectivity index (χ3v) is 6.43. The van der Waals surface area contributed by atoms with Crippen molar-refractivity contribution < 1.29 is 4.39 Å². The van der Waals surface area contributed by atoms with Gasteiger partial charge in [-0.25, -0.2) is 19.3 Å². The van der Waals surface area contributed by atoms with Gasteiger partial charge in [-0.1, -0.05) is 11.6 Å². The molecular weight excluding hydrogens is 431 g/mol. The van der Waals surface area contributed by atoms with Gasteiger partial charge in [0.25, 0.3) is 5.56 Å². The van der Waals surface area contributed by atoms with Crippen LogP contribution in [0.3, 0.4) is 0 Å². The van der Waals surface area contributed by atoms with Crippen LogP contribution in [0.2, 0.25) is 5.02 Å². The highest BCUT2D eigenvalue weighted by molar-refractivity contribution is 6.30. The minimum absolute atomic E-state index is 0.226. The second-order valence-electron chi connectivity index (χ2n) is 8.20. The predicted octanol–water partition coefficient (Wildman–Crippen LogP) is 3.82. The maximum Gasteiger partial charge on any atom is 0.263 e. The molecule has 32 heavy (non-hydrogen) atoms. The second kappa shape index (κ2) is 7.70. The first-order chi connectivity index (χ1) is 15.3. The molecule has 7 nitrogen and oxygen atoms in total. The lowest BCUT2D eigenvalue weighted by molar-refractivity contribution is 0.631. The van der Waals surface area contributed by atoms with Crippen LogP contribution in [0, 0.1) is 12.7 Å². The topological polar surface area (TPSA) is 68.8 Å². The average Bonchev–Trinajstić information content (AvgIpc) is 3.40. The van der Waals surface area contributed by atoms with E-state index in [-0.39, 0.29) is 27.8 Å². The van der Waals surface area contributed by atoms with E-state index in [0.29, 0.717) is 22.5 Å². The van der Waals surface area contributed by atoms with Crippen LogP contribution in [0.5, 0.6) is 0 Å². The van der Waals surface area contributed by atoms with Crippen molar-refractivity contribution in [2.75, 3.05) is 18.0 Å². The molecule has 1 saturated heterocycles. The molecule has 3 aromatic heterocycles. The Morgan fingerprint density at radius 3 is 2.72 bits per heavy atom. The Labute approximate surface area is 189 Å². The molecule has 1 atom stereocenters. The van der Waals surface area contributed by atoms with E-state index >= 15 is 0 Å². The van der Waals surface area contributed by atoms with Gasteiger partial charge in [0.05, 0.1) is 16.6 Å². The second-order valence-corrected chi connectivity index (χ2v) is 8.63. The highest BCUT2D eigenvalue weighted by Crippen LogP contribution is 2.34. The number of imidazole rings is 1. The van der Waals surface area contributed by atoms with Crippen molar-refractivity contribution in [1.82, 2.24) is 24.1 Å². The molecule has 1 aliphatic rings. The van der Waals surface area contributed by atoms with E-state index in [0.717, 1.165) is 25.3 Å². The van der Waals surface area contributed by atoms with Gasteiger partial charge in [0.1, 0.15) is 23.3 Å². The summed E-state index contributed by atoms with van der Waals surface area (Å²) in [6.45, 7) is 3.29. The highest BCUT2D eigenvalue weighted by Gasteiger charge is 2.29. The quantitative estimate of drug-likeness (QED) is 0.472. The number of aromatic nitrogens is 5. The zero-order valence-electron chi connectivity index (χ0n) is 18.0. The maximum absolute atomic E-state index is 14.9. The fourth-order valence-electron chi connectivity index (χ4n) is 4.37. The van der Waals surface area contributed by atoms with Gasteiger partial charge in [-0.15, -0.1) is 0 Å². The van der Waals surface area contributed by atoms with E-state index in [1.807, 2.05) is 23.9 Å². The van der Waals surface area contributed by atoms with E-state index in [1.54, 1.807) is 32.3 Å². The van der Waals surface area contributed by atoms with Crippen LogP contribution in [0.4, 0.5) is 10.2 Å². The van der Waals surface area contributed by atoms with Gasteiger partial charge in [-0.3, -0.25) is 9.36 Å². The number of hydrogen-bond acceptors (Lipinski definition) is 5. The van der Waals surface area contributed by atoms with Gasteiger partial charge in [0.2, 0.25) is 0 Å². The Morgan fingerprint density at radius 2 is 2.00 bits per heavy atom. The number of halogens is 2. The van der Waals surface area contributed by atoms with Crippen LogP contribution in [-0.4, -0.2) is 37.2 Å². The number of hydrogen-bond donors (Lipinski definition) is 0. The van der Waals surface area contributed by atoms with E-state index in [4.69, 9.17) is 16.6 Å². The maximum atomic E-state index is 14.9. The van der Waals surface area contributed by atoms with E-state index in [2.05, 4.69) is 14.9 Å². The Balaban J connectivity index is 1.67. The first kappa shape index (κ1) is 20.6. The third-order valence-electron chi connectivity index (χ3n) is 6.19. The van der Waals surface area contributed by atoms with E-state index in [1.165, 1.54) is 10.6 Å². The Kier molecular flexibility index (Phi) is 4.97. The van der Waals surface area contributed by atoms with Gasteiger partial charge in [-0.05, 0) is 31.5 Å². The summed E-state index contributed by atoms with van der Waals surface area (Å²) in [5.41, 5.74) is 0.743. The molecule has 164 valence electrons. The van der Waals surface area contributed by atoms with Crippen LogP contribution in [-0.2, 0) is 14.1 Å². The van der Waals surface area contributed by atoms with Crippen molar-refractivity contribution in [3.05, 3.63) is 69.5 Å². The number of aryl methyl sites for hydroxylation is 2. The molecule has 0 bridgehead atoms. The normalized spacial score (nSPS) is 16.3. The largest absolute Gasteiger partial charge is 0.356 e. The number of benzene rings is 1. The van der Waals surface area contributed by atoms with Gasteiger partial charge in [0, 0.05) is 62.1 Å². The molecule has 0 amide bonds. The summed E-state index contributed by atoms with van der Waals surface area (Å²) < 4.78 is 18.4. The number of nitrogens with zero attached hydrogens (tertiary/aromatic N) is 6. The standard InChI is InChI=1S/C23H22ClFN6O/c1-13-27-18-11-19(31-8-6-14(12-31)22-26-7-9-29(22)2)28-21(20(18)23(32)30(13)3)16-5-4-15(24)10-17(16)25/h4-5,7,9-11,14H,6,8,12H2,1-3H3/t14-/m1/s1. The third kappa shape index (κ3) is 3.35. The Bertz CT molecular complexity index is 1410. The number of pyridine rings is 1. The number of rotatable bonds is 3. The fraction of sp³-hybridized carbons (Fsp3) is 0.304. The minimum Gasteiger partial charge on any atom is -0.356 e. The van der Waals surface area contributed by atoms with Crippen LogP contribution in [0.15, 0.2) is 41.5 Å². The summed E-state index contributed by atoms with van der Waals surface area (Å²) in [4.78, 5) is 29.1. The molecule has 0 N–H and O–H groups in total.